The number of anilines is 1. The van der Waals surface area contributed by atoms with Crippen LogP contribution in [0.15, 0.2) is 47.5 Å². The Bertz CT molecular complexity index is 1480. The fourth-order valence-electron chi connectivity index (χ4n) is 3.93. The highest BCUT2D eigenvalue weighted by molar-refractivity contribution is 8.26. The van der Waals surface area contributed by atoms with Gasteiger partial charge in [0.05, 0.1) is 31.8 Å². The molecule has 2 aromatic carbocycles. The minimum atomic E-state index is -4.42. The lowest BCUT2D eigenvalue weighted by Crippen LogP contribution is -2.31. The van der Waals surface area contributed by atoms with E-state index in [-0.39, 0.29) is 31.2 Å². The molecule has 1 N–H and O–H groups in total. The average molecular weight is 624 g/mol. The second-order valence-corrected chi connectivity index (χ2v) is 11.4. The maximum absolute atomic E-state index is 13.0. The van der Waals surface area contributed by atoms with Crippen LogP contribution in [0.3, 0.4) is 0 Å². The Balaban J connectivity index is 1.35. The summed E-state index contributed by atoms with van der Waals surface area (Å²) in [6.07, 6.45) is -1.05. The first-order valence-corrected chi connectivity index (χ1v) is 14.0. The molecular weight excluding hydrogens is 600 g/mol. The number of hydrogen-bond donors (Lipinski definition) is 1. The van der Waals surface area contributed by atoms with Crippen molar-refractivity contribution in [1.82, 2.24) is 9.88 Å². The van der Waals surface area contributed by atoms with Gasteiger partial charge in [-0.15, -0.1) is 11.3 Å². The number of methoxy groups -OCH3 is 3. The zero-order chi connectivity index (χ0) is 29.7. The van der Waals surface area contributed by atoms with E-state index in [4.69, 9.17) is 26.4 Å². The van der Waals surface area contributed by atoms with Gasteiger partial charge in [0.25, 0.3) is 5.91 Å². The highest BCUT2D eigenvalue weighted by Gasteiger charge is 2.33. The molecule has 0 atom stereocenters. The third-order valence-electron chi connectivity index (χ3n) is 5.85. The van der Waals surface area contributed by atoms with Crippen LogP contribution in [0.5, 0.6) is 17.2 Å². The molecule has 1 aromatic heterocycles. The van der Waals surface area contributed by atoms with E-state index in [1.165, 1.54) is 49.8 Å². The second-order valence-electron chi connectivity index (χ2n) is 8.60. The number of rotatable bonds is 10. The van der Waals surface area contributed by atoms with Crippen molar-refractivity contribution in [2.75, 3.05) is 33.2 Å². The number of thiazole rings is 1. The summed E-state index contributed by atoms with van der Waals surface area (Å²) in [4.78, 5) is 32.2. The van der Waals surface area contributed by atoms with Crippen LogP contribution < -0.4 is 19.5 Å². The zero-order valence-electron chi connectivity index (χ0n) is 22.0. The van der Waals surface area contributed by atoms with Gasteiger partial charge >= 0.3 is 6.18 Å². The summed E-state index contributed by atoms with van der Waals surface area (Å²) in [5.74, 6) is 0.580. The minimum Gasteiger partial charge on any atom is -0.493 e. The minimum absolute atomic E-state index is 0.0353. The first-order chi connectivity index (χ1) is 19.5. The van der Waals surface area contributed by atoms with Gasteiger partial charge in [0.1, 0.15) is 4.32 Å². The van der Waals surface area contributed by atoms with E-state index >= 15 is 0 Å². The first kappa shape index (κ1) is 30.3. The molecule has 8 nitrogen and oxygen atoms in total. The second kappa shape index (κ2) is 12.9. The van der Waals surface area contributed by atoms with E-state index in [1.807, 2.05) is 0 Å². The van der Waals surface area contributed by atoms with Gasteiger partial charge in [0.2, 0.25) is 11.7 Å². The van der Waals surface area contributed by atoms with Crippen molar-refractivity contribution in [3.8, 4) is 17.2 Å². The standard InChI is InChI=1S/C27H24F3N3O5S3/c1-36-19-11-16(12-20(37-2)23(19)38-3)13-21-24(35)33(26(39)41-21)8-7-22(34)32-25-31-14-18(40-25)10-15-5-4-6-17(9-15)27(28,29)30/h4-6,9,11-14H,7-8,10H2,1-3H3,(H,31,32,34)/b21-13+. The maximum Gasteiger partial charge on any atom is 0.416 e. The van der Waals surface area contributed by atoms with Crippen molar-refractivity contribution in [3.05, 3.63) is 69.1 Å². The van der Waals surface area contributed by atoms with E-state index in [1.54, 1.807) is 24.3 Å². The Labute approximate surface area is 247 Å². The number of benzene rings is 2. The fraction of sp³-hybridized carbons (Fsp3) is 0.259. The summed E-state index contributed by atoms with van der Waals surface area (Å²) in [5.41, 5.74) is 0.403. The molecule has 0 saturated carbocycles. The van der Waals surface area contributed by atoms with E-state index < -0.39 is 11.7 Å². The van der Waals surface area contributed by atoms with Crippen LogP contribution in [-0.2, 0) is 22.2 Å². The van der Waals surface area contributed by atoms with Crippen molar-refractivity contribution in [1.29, 1.82) is 0 Å². The van der Waals surface area contributed by atoms with Gasteiger partial charge in [-0.25, -0.2) is 4.98 Å². The van der Waals surface area contributed by atoms with Crippen LogP contribution in [-0.4, -0.2) is 53.9 Å². The lowest BCUT2D eigenvalue weighted by Gasteiger charge is -2.14. The molecule has 1 fully saturated rings. The van der Waals surface area contributed by atoms with Gasteiger partial charge in [-0.2, -0.15) is 13.2 Å². The lowest BCUT2D eigenvalue weighted by atomic mass is 10.1. The van der Waals surface area contributed by atoms with Gasteiger partial charge in [-0.05, 0) is 35.4 Å². The summed E-state index contributed by atoms with van der Waals surface area (Å²) in [6, 6.07) is 8.48. The molecular formula is C27H24F3N3O5S3. The Hall–Kier alpha value is -3.62. The summed E-state index contributed by atoms with van der Waals surface area (Å²) in [7, 11) is 4.48. The average Bonchev–Trinajstić information content (AvgIpc) is 3.48. The third-order valence-corrected chi connectivity index (χ3v) is 8.14. The molecule has 14 heteroatoms. The fourth-order valence-corrected chi connectivity index (χ4v) is 6.10. The number of carbonyl (C=O) groups excluding carboxylic acids is 2. The summed E-state index contributed by atoms with van der Waals surface area (Å²) in [6.45, 7) is 0.0611. The van der Waals surface area contributed by atoms with Gasteiger partial charge in [0, 0.05) is 30.5 Å². The van der Waals surface area contributed by atoms with Crippen LogP contribution in [0.1, 0.15) is 28.0 Å². The van der Waals surface area contributed by atoms with E-state index in [0.717, 1.165) is 23.9 Å². The Morgan fingerprint density at radius 3 is 2.46 bits per heavy atom. The molecule has 1 aliphatic rings. The van der Waals surface area contributed by atoms with E-state index in [2.05, 4.69) is 10.3 Å². The van der Waals surface area contributed by atoms with Gasteiger partial charge in [0.15, 0.2) is 16.6 Å². The van der Waals surface area contributed by atoms with Gasteiger partial charge in [-0.1, -0.05) is 42.2 Å². The summed E-state index contributed by atoms with van der Waals surface area (Å²) < 4.78 is 55.3. The predicted octanol–water partition coefficient (Wildman–Crippen LogP) is 6.01. The molecule has 216 valence electrons. The number of alkyl halides is 3. The van der Waals surface area contributed by atoms with Crippen LogP contribution in [0.25, 0.3) is 6.08 Å². The van der Waals surface area contributed by atoms with Gasteiger partial charge in [-0.3, -0.25) is 14.5 Å². The van der Waals surface area contributed by atoms with Crippen molar-refractivity contribution in [2.24, 2.45) is 0 Å². The Kier molecular flexibility index (Phi) is 9.56. The van der Waals surface area contributed by atoms with Crippen molar-refractivity contribution < 1.29 is 37.0 Å². The molecule has 0 bridgehead atoms. The topological polar surface area (TPSA) is 90.0 Å². The molecule has 4 rings (SSSR count). The number of thiocarbonyl (C=S) groups is 1. The largest absolute Gasteiger partial charge is 0.493 e. The first-order valence-electron chi connectivity index (χ1n) is 12.0. The SMILES string of the molecule is COc1cc(/C=C2/SC(=S)N(CCC(=O)Nc3ncc(Cc4cccc(C(F)(F)F)c4)s3)C2=O)cc(OC)c1OC. The van der Waals surface area contributed by atoms with E-state index in [9.17, 15) is 22.8 Å². The quantitative estimate of drug-likeness (QED) is 0.217. The maximum atomic E-state index is 13.0. The monoisotopic (exact) mass is 623 g/mol. The number of hydrogen-bond acceptors (Lipinski definition) is 9. The molecule has 41 heavy (non-hydrogen) atoms. The normalized spacial score (nSPS) is 14.5. The Morgan fingerprint density at radius 2 is 1.83 bits per heavy atom. The van der Waals surface area contributed by atoms with Crippen molar-refractivity contribution in [3.63, 3.8) is 0 Å². The van der Waals surface area contributed by atoms with E-state index in [0.29, 0.717) is 47.6 Å². The lowest BCUT2D eigenvalue weighted by molar-refractivity contribution is -0.137. The van der Waals surface area contributed by atoms with Crippen molar-refractivity contribution >= 4 is 62.7 Å². The van der Waals surface area contributed by atoms with Crippen molar-refractivity contribution in [2.45, 2.75) is 19.0 Å². The van der Waals surface area contributed by atoms with Gasteiger partial charge < -0.3 is 19.5 Å². The number of nitrogens with zero attached hydrogens (tertiary/aromatic N) is 2. The molecule has 0 spiro atoms. The molecule has 0 unspecified atom stereocenters. The van der Waals surface area contributed by atoms with Crippen LogP contribution in [0.2, 0.25) is 0 Å². The number of thioether (sulfide) groups is 1. The highest BCUT2D eigenvalue weighted by atomic mass is 32.2. The third kappa shape index (κ3) is 7.37. The molecule has 0 radical (unpaired) electrons. The predicted molar refractivity (Wildman–Crippen MR) is 156 cm³/mol. The molecule has 1 saturated heterocycles. The smallest absolute Gasteiger partial charge is 0.416 e. The summed E-state index contributed by atoms with van der Waals surface area (Å²) in [5, 5.41) is 2.98. The number of carbonyl (C=O) groups is 2. The molecule has 0 aliphatic carbocycles. The molecule has 2 amide bonds. The highest BCUT2D eigenvalue weighted by Crippen LogP contribution is 2.40. The Morgan fingerprint density at radius 1 is 1.12 bits per heavy atom. The number of aromatic nitrogens is 1. The van der Waals surface area contributed by atoms with Crippen LogP contribution in [0, 0.1) is 0 Å². The number of halogens is 3. The zero-order valence-corrected chi connectivity index (χ0v) is 24.5. The van der Waals surface area contributed by atoms with Crippen LogP contribution in [0.4, 0.5) is 18.3 Å². The number of ether oxygens (including phenoxy) is 3. The summed E-state index contributed by atoms with van der Waals surface area (Å²) >= 11 is 7.66. The molecule has 3 aromatic rings. The molecule has 2 heterocycles. The molecule has 1 aliphatic heterocycles. The van der Waals surface area contributed by atoms with Crippen LogP contribution >= 0.6 is 35.3 Å². The number of nitrogens with one attached hydrogen (secondary N) is 1. The number of amides is 2.